The van der Waals surface area contributed by atoms with Crippen LogP contribution >= 0.6 is 0 Å². The molecule has 0 fully saturated rings. The van der Waals surface area contributed by atoms with Crippen molar-refractivity contribution in [1.82, 2.24) is 0 Å². The molecular formula is C39H56N4. The first kappa shape index (κ1) is 34.0. The van der Waals surface area contributed by atoms with E-state index in [1.807, 2.05) is 0 Å². The van der Waals surface area contributed by atoms with E-state index in [1.165, 1.54) is 96.2 Å². The van der Waals surface area contributed by atoms with E-state index >= 15 is 0 Å². The molecule has 3 aromatic carbocycles. The second-order valence-electron chi connectivity index (χ2n) is 12.0. The van der Waals surface area contributed by atoms with E-state index in [0.717, 1.165) is 26.2 Å². The van der Waals surface area contributed by atoms with E-state index in [4.69, 9.17) is 0 Å². The maximum absolute atomic E-state index is 9.32. The molecule has 0 radical (unpaired) electrons. The van der Waals surface area contributed by atoms with Gasteiger partial charge in [0.05, 0.1) is 12.5 Å². The van der Waals surface area contributed by atoms with E-state index in [0.29, 0.717) is 13.0 Å². The molecule has 0 saturated carbocycles. The molecule has 0 N–H and O–H groups in total. The van der Waals surface area contributed by atoms with Crippen LogP contribution in [0.1, 0.15) is 91.0 Å². The lowest BCUT2D eigenvalue weighted by Gasteiger charge is -2.28. The summed E-state index contributed by atoms with van der Waals surface area (Å²) in [5.41, 5.74) is 10.1. The van der Waals surface area contributed by atoms with Gasteiger partial charge in [0, 0.05) is 62.4 Å². The molecular weight excluding hydrogens is 524 g/mol. The Morgan fingerprint density at radius 3 is 1.37 bits per heavy atom. The van der Waals surface area contributed by atoms with Crippen molar-refractivity contribution in [2.75, 3.05) is 54.5 Å². The highest BCUT2D eigenvalue weighted by atomic mass is 15.1. The zero-order valence-corrected chi connectivity index (χ0v) is 28.0. The standard InChI is InChI=1S/C39H56N4/c1-7-11-28-42(29-12-8-2)35-21-17-33(18-22-35)38-32(5)16-25-37(41(6)27-15-26-40)39(38)34-19-23-36(24-20-34)43(30-13-9-3)31-14-10-4/h16-25H,7-15,27-31H2,1-6H3. The first-order chi connectivity index (χ1) is 21.0. The minimum Gasteiger partial charge on any atom is -0.373 e. The van der Waals surface area contributed by atoms with Crippen LogP contribution in [0.15, 0.2) is 60.7 Å². The van der Waals surface area contributed by atoms with Gasteiger partial charge in [-0.2, -0.15) is 5.26 Å². The Hall–Kier alpha value is -3.45. The fourth-order valence-corrected chi connectivity index (χ4v) is 5.83. The number of benzene rings is 3. The minimum atomic E-state index is 0.502. The summed E-state index contributed by atoms with van der Waals surface area (Å²) in [4.78, 5) is 7.35. The van der Waals surface area contributed by atoms with Crippen molar-refractivity contribution in [3.63, 3.8) is 0 Å². The van der Waals surface area contributed by atoms with Crippen molar-refractivity contribution in [2.45, 2.75) is 92.4 Å². The lowest BCUT2D eigenvalue weighted by Crippen LogP contribution is -2.25. The third-order valence-corrected chi connectivity index (χ3v) is 8.53. The number of rotatable bonds is 19. The molecule has 0 heterocycles. The summed E-state index contributed by atoms with van der Waals surface area (Å²) in [5.74, 6) is 0. The molecule has 0 aliphatic rings. The van der Waals surface area contributed by atoms with E-state index in [2.05, 4.69) is 123 Å². The summed E-state index contributed by atoms with van der Waals surface area (Å²) >= 11 is 0. The molecule has 3 rings (SSSR count). The monoisotopic (exact) mass is 580 g/mol. The molecule has 0 bridgehead atoms. The quantitative estimate of drug-likeness (QED) is 0.141. The maximum Gasteiger partial charge on any atom is 0.0640 e. The molecule has 0 amide bonds. The molecule has 0 aliphatic heterocycles. The third-order valence-electron chi connectivity index (χ3n) is 8.53. The number of anilines is 3. The average Bonchev–Trinajstić information content (AvgIpc) is 3.04. The van der Waals surface area contributed by atoms with Crippen molar-refractivity contribution in [3.05, 3.63) is 66.2 Å². The summed E-state index contributed by atoms with van der Waals surface area (Å²) in [5, 5.41) is 9.32. The number of nitrogens with zero attached hydrogens (tertiary/aromatic N) is 4. The van der Waals surface area contributed by atoms with Gasteiger partial charge in [-0.3, -0.25) is 0 Å². The van der Waals surface area contributed by atoms with Gasteiger partial charge in [-0.25, -0.2) is 0 Å². The second kappa shape index (κ2) is 18.3. The molecule has 0 unspecified atom stereocenters. The number of aryl methyl sites for hydroxylation is 1. The van der Waals surface area contributed by atoms with Crippen LogP contribution in [0.2, 0.25) is 0 Å². The normalized spacial score (nSPS) is 10.9. The molecule has 0 atom stereocenters. The van der Waals surface area contributed by atoms with E-state index < -0.39 is 0 Å². The van der Waals surface area contributed by atoms with Crippen LogP contribution < -0.4 is 14.7 Å². The van der Waals surface area contributed by atoms with Crippen LogP contribution in [0.5, 0.6) is 0 Å². The minimum absolute atomic E-state index is 0.502. The highest BCUT2D eigenvalue weighted by Gasteiger charge is 2.19. The zero-order chi connectivity index (χ0) is 31.0. The van der Waals surface area contributed by atoms with Crippen LogP contribution in [0.25, 0.3) is 22.3 Å². The van der Waals surface area contributed by atoms with Crippen LogP contribution in [0.3, 0.4) is 0 Å². The topological polar surface area (TPSA) is 33.5 Å². The zero-order valence-electron chi connectivity index (χ0n) is 28.0. The number of unbranched alkanes of at least 4 members (excludes halogenated alkanes) is 4. The highest BCUT2D eigenvalue weighted by Crippen LogP contribution is 2.42. The average molecular weight is 581 g/mol. The predicted molar refractivity (Wildman–Crippen MR) is 190 cm³/mol. The molecule has 3 aromatic rings. The number of hydrogen-bond acceptors (Lipinski definition) is 4. The fraction of sp³-hybridized carbons (Fsp3) is 0.513. The summed E-state index contributed by atoms with van der Waals surface area (Å²) < 4.78 is 0. The summed E-state index contributed by atoms with van der Waals surface area (Å²) in [6.45, 7) is 16.4. The SMILES string of the molecule is CCCCN(CCCC)c1ccc(-c2c(C)ccc(N(C)CCC#N)c2-c2ccc(N(CCCC)CCCC)cc2)cc1. The lowest BCUT2D eigenvalue weighted by atomic mass is 9.89. The van der Waals surface area contributed by atoms with Crippen LogP contribution in [0.4, 0.5) is 17.1 Å². The van der Waals surface area contributed by atoms with Gasteiger partial charge in [0.15, 0.2) is 0 Å². The predicted octanol–water partition coefficient (Wildman–Crippen LogP) is 10.5. The molecule has 232 valence electrons. The molecule has 0 aromatic heterocycles. The van der Waals surface area contributed by atoms with Crippen LogP contribution in [0, 0.1) is 18.3 Å². The van der Waals surface area contributed by atoms with E-state index in [-0.39, 0.29) is 0 Å². The summed E-state index contributed by atoms with van der Waals surface area (Å²) in [7, 11) is 2.11. The Morgan fingerprint density at radius 1 is 0.558 bits per heavy atom. The Balaban J connectivity index is 2.08. The van der Waals surface area contributed by atoms with Crippen molar-refractivity contribution >= 4 is 17.1 Å². The first-order valence-corrected chi connectivity index (χ1v) is 16.9. The largest absolute Gasteiger partial charge is 0.373 e. The summed E-state index contributed by atoms with van der Waals surface area (Å²) in [6.07, 6.45) is 10.2. The fourth-order valence-electron chi connectivity index (χ4n) is 5.83. The van der Waals surface area contributed by atoms with Gasteiger partial charge < -0.3 is 14.7 Å². The van der Waals surface area contributed by atoms with Gasteiger partial charge in [-0.1, -0.05) is 83.7 Å². The molecule has 4 nitrogen and oxygen atoms in total. The van der Waals surface area contributed by atoms with Gasteiger partial charge in [-0.15, -0.1) is 0 Å². The van der Waals surface area contributed by atoms with Gasteiger partial charge in [0.1, 0.15) is 0 Å². The molecule has 0 spiro atoms. The van der Waals surface area contributed by atoms with Gasteiger partial charge in [0.2, 0.25) is 0 Å². The smallest absolute Gasteiger partial charge is 0.0640 e. The van der Waals surface area contributed by atoms with E-state index in [9.17, 15) is 5.26 Å². The number of nitriles is 1. The van der Waals surface area contributed by atoms with Gasteiger partial charge >= 0.3 is 0 Å². The van der Waals surface area contributed by atoms with Gasteiger partial charge in [0.25, 0.3) is 0 Å². The van der Waals surface area contributed by atoms with Crippen molar-refractivity contribution in [2.24, 2.45) is 0 Å². The third kappa shape index (κ3) is 9.52. The lowest BCUT2D eigenvalue weighted by molar-refractivity contribution is 0.678. The van der Waals surface area contributed by atoms with Crippen LogP contribution in [-0.4, -0.2) is 39.8 Å². The Bertz CT molecular complexity index is 1240. The Labute approximate surface area is 263 Å². The molecule has 4 heteroatoms. The van der Waals surface area contributed by atoms with E-state index in [1.54, 1.807) is 0 Å². The van der Waals surface area contributed by atoms with Crippen LogP contribution in [-0.2, 0) is 0 Å². The molecule has 0 saturated heterocycles. The van der Waals surface area contributed by atoms with Crippen molar-refractivity contribution in [1.29, 1.82) is 5.26 Å². The first-order valence-electron chi connectivity index (χ1n) is 16.9. The maximum atomic E-state index is 9.32. The summed E-state index contributed by atoms with van der Waals surface area (Å²) in [6, 6.07) is 25.3. The van der Waals surface area contributed by atoms with Gasteiger partial charge in [-0.05, 0) is 85.2 Å². The van der Waals surface area contributed by atoms with Crippen molar-refractivity contribution < 1.29 is 0 Å². The van der Waals surface area contributed by atoms with Crippen molar-refractivity contribution in [3.8, 4) is 28.3 Å². The highest BCUT2D eigenvalue weighted by molar-refractivity contribution is 5.94. The molecule has 0 aliphatic carbocycles. The Kier molecular flexibility index (Phi) is 14.5. The second-order valence-corrected chi connectivity index (χ2v) is 12.0. The number of hydrogen-bond donors (Lipinski definition) is 0. The Morgan fingerprint density at radius 2 is 0.977 bits per heavy atom. The molecule has 43 heavy (non-hydrogen) atoms.